The molecule has 0 aliphatic carbocycles. The van der Waals surface area contributed by atoms with E-state index in [4.69, 9.17) is 0 Å². The Bertz CT molecular complexity index is 524. The maximum atomic E-state index is 13.1. The number of aryl methyl sites for hydroxylation is 1. The fourth-order valence-electron chi connectivity index (χ4n) is 1.94. The maximum Gasteiger partial charge on any atom is 0.123 e. The van der Waals surface area contributed by atoms with E-state index >= 15 is 0 Å². The SMILES string of the molecule is CNC(c1csc(I)c1)c1ccc(F)cc1C. The highest BCUT2D eigenvalue weighted by Gasteiger charge is 2.15. The van der Waals surface area contributed by atoms with Crippen LogP contribution in [0.4, 0.5) is 4.39 Å². The quantitative estimate of drug-likeness (QED) is 0.812. The molecule has 0 amide bonds. The van der Waals surface area contributed by atoms with E-state index in [2.05, 4.69) is 39.4 Å². The Kier molecular flexibility index (Phi) is 4.17. The highest BCUT2D eigenvalue weighted by Crippen LogP contribution is 2.29. The van der Waals surface area contributed by atoms with Gasteiger partial charge in [-0.1, -0.05) is 6.07 Å². The molecule has 0 spiro atoms. The van der Waals surface area contributed by atoms with Crippen LogP contribution in [0.1, 0.15) is 22.7 Å². The molecule has 1 unspecified atom stereocenters. The molecular weight excluding hydrogens is 348 g/mol. The summed E-state index contributed by atoms with van der Waals surface area (Å²) in [7, 11) is 1.93. The summed E-state index contributed by atoms with van der Waals surface area (Å²) >= 11 is 4.04. The molecule has 1 heterocycles. The zero-order chi connectivity index (χ0) is 12.4. The van der Waals surface area contributed by atoms with Crippen molar-refractivity contribution in [3.63, 3.8) is 0 Å². The van der Waals surface area contributed by atoms with E-state index in [1.807, 2.05) is 20.0 Å². The van der Waals surface area contributed by atoms with Gasteiger partial charge < -0.3 is 5.32 Å². The number of halogens is 2. The van der Waals surface area contributed by atoms with Crippen molar-refractivity contribution in [3.05, 3.63) is 55.0 Å². The van der Waals surface area contributed by atoms with Crippen LogP contribution in [-0.4, -0.2) is 7.05 Å². The number of hydrogen-bond acceptors (Lipinski definition) is 2. The zero-order valence-corrected chi connectivity index (χ0v) is 12.6. The number of rotatable bonds is 3. The molecule has 1 aromatic heterocycles. The second kappa shape index (κ2) is 5.46. The first-order chi connectivity index (χ1) is 8.11. The third-order valence-corrected chi connectivity index (χ3v) is 4.56. The summed E-state index contributed by atoms with van der Waals surface area (Å²) in [5.41, 5.74) is 3.34. The molecule has 1 N–H and O–H groups in total. The summed E-state index contributed by atoms with van der Waals surface area (Å²) in [5.74, 6) is -0.180. The summed E-state index contributed by atoms with van der Waals surface area (Å²) in [4.78, 5) is 0. The molecule has 1 atom stereocenters. The topological polar surface area (TPSA) is 12.0 Å². The van der Waals surface area contributed by atoms with Gasteiger partial charge in [-0.25, -0.2) is 4.39 Å². The lowest BCUT2D eigenvalue weighted by Gasteiger charge is -2.17. The number of nitrogens with one attached hydrogen (secondary N) is 1. The molecule has 1 aromatic carbocycles. The number of thiophene rings is 1. The highest BCUT2D eigenvalue weighted by atomic mass is 127. The Balaban J connectivity index is 2.42. The maximum absolute atomic E-state index is 13.1. The second-order valence-electron chi connectivity index (χ2n) is 3.91. The lowest BCUT2D eigenvalue weighted by Crippen LogP contribution is -2.18. The van der Waals surface area contributed by atoms with Gasteiger partial charge in [0.15, 0.2) is 0 Å². The molecule has 0 aliphatic rings. The number of benzene rings is 1. The van der Waals surface area contributed by atoms with Gasteiger partial charge in [0.25, 0.3) is 0 Å². The summed E-state index contributed by atoms with van der Waals surface area (Å²) < 4.78 is 14.4. The van der Waals surface area contributed by atoms with Crippen LogP contribution in [0.3, 0.4) is 0 Å². The fourth-order valence-corrected chi connectivity index (χ4v) is 3.34. The van der Waals surface area contributed by atoms with E-state index in [0.717, 1.165) is 11.1 Å². The summed E-state index contributed by atoms with van der Waals surface area (Å²) in [6.45, 7) is 1.94. The minimum Gasteiger partial charge on any atom is -0.309 e. The summed E-state index contributed by atoms with van der Waals surface area (Å²) in [6.07, 6.45) is 0. The predicted molar refractivity (Wildman–Crippen MR) is 79.1 cm³/mol. The number of hydrogen-bond donors (Lipinski definition) is 1. The monoisotopic (exact) mass is 361 g/mol. The van der Waals surface area contributed by atoms with E-state index in [1.54, 1.807) is 17.4 Å². The first kappa shape index (κ1) is 13.0. The zero-order valence-electron chi connectivity index (χ0n) is 9.63. The summed E-state index contributed by atoms with van der Waals surface area (Å²) in [5, 5.41) is 5.43. The van der Waals surface area contributed by atoms with E-state index in [-0.39, 0.29) is 11.9 Å². The molecule has 2 aromatic rings. The minimum absolute atomic E-state index is 0.135. The fraction of sp³-hybridized carbons (Fsp3) is 0.231. The molecule has 4 heteroatoms. The molecule has 90 valence electrons. The van der Waals surface area contributed by atoms with Gasteiger partial charge in [0, 0.05) is 0 Å². The minimum atomic E-state index is -0.180. The Morgan fingerprint density at radius 1 is 1.35 bits per heavy atom. The normalized spacial score (nSPS) is 12.7. The molecule has 0 aliphatic heterocycles. The van der Waals surface area contributed by atoms with Gasteiger partial charge in [-0.2, -0.15) is 0 Å². The standard InChI is InChI=1S/C13H13FINS/c1-8-5-10(14)3-4-11(8)13(16-2)9-6-12(15)17-7-9/h3-7,13,16H,1-2H3. The van der Waals surface area contributed by atoms with E-state index in [9.17, 15) is 4.39 Å². The van der Waals surface area contributed by atoms with Crippen molar-refractivity contribution in [2.75, 3.05) is 7.05 Å². The molecule has 1 nitrogen and oxygen atoms in total. The summed E-state index contributed by atoms with van der Waals surface area (Å²) in [6, 6.07) is 7.25. The molecular formula is C13H13FINS. The average Bonchev–Trinajstić information content (AvgIpc) is 2.69. The average molecular weight is 361 g/mol. The Labute approximate surface area is 118 Å². The highest BCUT2D eigenvalue weighted by molar-refractivity contribution is 14.1. The van der Waals surface area contributed by atoms with Gasteiger partial charge in [-0.3, -0.25) is 0 Å². The van der Waals surface area contributed by atoms with E-state index in [1.165, 1.54) is 14.5 Å². The largest absolute Gasteiger partial charge is 0.309 e. The Morgan fingerprint density at radius 3 is 2.65 bits per heavy atom. The van der Waals surface area contributed by atoms with Crippen molar-refractivity contribution in [2.45, 2.75) is 13.0 Å². The molecule has 2 rings (SSSR count). The molecule has 0 fully saturated rings. The van der Waals surface area contributed by atoms with Crippen molar-refractivity contribution >= 4 is 33.9 Å². The van der Waals surface area contributed by atoms with Gasteiger partial charge in [0.1, 0.15) is 5.82 Å². The molecule has 0 saturated carbocycles. The first-order valence-electron chi connectivity index (χ1n) is 5.29. The van der Waals surface area contributed by atoms with Gasteiger partial charge in [-0.15, -0.1) is 11.3 Å². The van der Waals surface area contributed by atoms with Crippen LogP contribution >= 0.6 is 33.9 Å². The Hall–Kier alpha value is -0.460. The third-order valence-electron chi connectivity index (χ3n) is 2.75. The second-order valence-corrected chi connectivity index (χ2v) is 6.71. The van der Waals surface area contributed by atoms with Crippen LogP contribution in [0.25, 0.3) is 0 Å². The van der Waals surface area contributed by atoms with Crippen molar-refractivity contribution in [3.8, 4) is 0 Å². The van der Waals surface area contributed by atoms with Crippen molar-refractivity contribution in [1.82, 2.24) is 5.32 Å². The van der Waals surface area contributed by atoms with Crippen LogP contribution in [0.2, 0.25) is 0 Å². The molecule has 0 bridgehead atoms. The third kappa shape index (κ3) is 2.86. The van der Waals surface area contributed by atoms with Crippen LogP contribution in [0.5, 0.6) is 0 Å². The molecule has 0 radical (unpaired) electrons. The van der Waals surface area contributed by atoms with Gasteiger partial charge in [-0.05, 0) is 76.8 Å². The van der Waals surface area contributed by atoms with Gasteiger partial charge in [0.2, 0.25) is 0 Å². The van der Waals surface area contributed by atoms with Crippen molar-refractivity contribution < 1.29 is 4.39 Å². The van der Waals surface area contributed by atoms with Crippen LogP contribution < -0.4 is 5.32 Å². The van der Waals surface area contributed by atoms with Gasteiger partial charge in [0.05, 0.1) is 8.93 Å². The van der Waals surface area contributed by atoms with E-state index in [0.29, 0.717) is 0 Å². The lowest BCUT2D eigenvalue weighted by molar-refractivity contribution is 0.621. The Morgan fingerprint density at radius 2 is 2.12 bits per heavy atom. The van der Waals surface area contributed by atoms with Crippen LogP contribution in [0, 0.1) is 15.6 Å². The first-order valence-corrected chi connectivity index (χ1v) is 7.25. The smallest absolute Gasteiger partial charge is 0.123 e. The van der Waals surface area contributed by atoms with Crippen molar-refractivity contribution in [1.29, 1.82) is 0 Å². The van der Waals surface area contributed by atoms with Gasteiger partial charge >= 0.3 is 0 Å². The lowest BCUT2D eigenvalue weighted by atomic mass is 9.97. The predicted octanol–water partition coefficient (Wildman–Crippen LogP) is 4.11. The van der Waals surface area contributed by atoms with E-state index < -0.39 is 0 Å². The van der Waals surface area contributed by atoms with Crippen molar-refractivity contribution in [2.24, 2.45) is 0 Å². The van der Waals surface area contributed by atoms with Crippen LogP contribution in [0.15, 0.2) is 29.6 Å². The molecule has 0 saturated heterocycles. The molecule has 17 heavy (non-hydrogen) atoms. The van der Waals surface area contributed by atoms with Crippen LogP contribution in [-0.2, 0) is 0 Å².